The first-order chi connectivity index (χ1) is 11.1. The molecule has 1 saturated heterocycles. The molecule has 2 heterocycles. The Labute approximate surface area is 141 Å². The minimum Gasteiger partial charge on any atom is -0.487 e. The van der Waals surface area contributed by atoms with E-state index in [1.54, 1.807) is 18.5 Å². The summed E-state index contributed by atoms with van der Waals surface area (Å²) in [6.45, 7) is 3.30. The van der Waals surface area contributed by atoms with Gasteiger partial charge in [0.2, 0.25) is 0 Å². The number of aryl methyl sites for hydroxylation is 1. The summed E-state index contributed by atoms with van der Waals surface area (Å²) < 4.78 is 5.97. The topological polar surface area (TPSA) is 42.4 Å². The van der Waals surface area contributed by atoms with E-state index in [4.69, 9.17) is 16.3 Å². The SMILES string of the molecule is Cc1ccccc1C(=O)N1CCCC(Oc2ccncc2Cl)C1. The molecule has 0 N–H and O–H groups in total. The smallest absolute Gasteiger partial charge is 0.254 e. The van der Waals surface area contributed by atoms with Crippen molar-refractivity contribution in [3.05, 3.63) is 58.9 Å². The van der Waals surface area contributed by atoms with Crippen molar-refractivity contribution in [1.82, 2.24) is 9.88 Å². The van der Waals surface area contributed by atoms with Crippen LogP contribution in [0.3, 0.4) is 0 Å². The van der Waals surface area contributed by atoms with Crippen LogP contribution >= 0.6 is 11.6 Å². The molecule has 2 aromatic rings. The van der Waals surface area contributed by atoms with E-state index in [0.717, 1.165) is 30.5 Å². The predicted molar refractivity (Wildman–Crippen MR) is 90.0 cm³/mol. The number of aromatic nitrogens is 1. The van der Waals surface area contributed by atoms with E-state index < -0.39 is 0 Å². The minimum atomic E-state index is -0.0448. The third-order valence-corrected chi connectivity index (χ3v) is 4.35. The standard InChI is InChI=1S/C18H19ClN2O2/c1-13-5-2-3-7-15(13)18(22)21-10-4-6-14(12-21)23-17-8-9-20-11-16(17)19/h2-3,5,7-9,11,14H,4,6,10,12H2,1H3. The summed E-state index contributed by atoms with van der Waals surface area (Å²) in [5, 5.41) is 0.495. The Bertz CT molecular complexity index is 705. The Morgan fingerprint density at radius 3 is 2.96 bits per heavy atom. The molecule has 1 aromatic heterocycles. The number of nitrogens with zero attached hydrogens (tertiary/aromatic N) is 2. The van der Waals surface area contributed by atoms with Crippen LogP contribution in [0.15, 0.2) is 42.7 Å². The second-order valence-corrected chi connectivity index (χ2v) is 6.16. The monoisotopic (exact) mass is 330 g/mol. The van der Waals surface area contributed by atoms with Crippen LogP contribution < -0.4 is 4.74 Å². The van der Waals surface area contributed by atoms with Gasteiger partial charge in [0.1, 0.15) is 16.9 Å². The third kappa shape index (κ3) is 3.64. The normalized spacial score (nSPS) is 17.8. The van der Waals surface area contributed by atoms with Gasteiger partial charge in [-0.3, -0.25) is 9.78 Å². The molecule has 4 nitrogen and oxygen atoms in total. The number of amides is 1. The Balaban J connectivity index is 1.70. The molecule has 1 atom stereocenters. The number of rotatable bonds is 3. The summed E-state index contributed by atoms with van der Waals surface area (Å²) >= 11 is 6.09. The lowest BCUT2D eigenvalue weighted by atomic mass is 10.0. The van der Waals surface area contributed by atoms with Crippen LogP contribution in [-0.2, 0) is 0 Å². The number of hydrogen-bond acceptors (Lipinski definition) is 3. The van der Waals surface area contributed by atoms with Crippen molar-refractivity contribution < 1.29 is 9.53 Å². The van der Waals surface area contributed by atoms with E-state index in [1.807, 2.05) is 36.1 Å². The fourth-order valence-corrected chi connectivity index (χ4v) is 3.00. The number of halogens is 1. The minimum absolute atomic E-state index is 0.0448. The molecule has 23 heavy (non-hydrogen) atoms. The van der Waals surface area contributed by atoms with Gasteiger partial charge in [0.25, 0.3) is 5.91 Å². The second-order valence-electron chi connectivity index (χ2n) is 5.75. The summed E-state index contributed by atoms with van der Waals surface area (Å²) in [7, 11) is 0. The average Bonchev–Trinajstić information content (AvgIpc) is 2.57. The van der Waals surface area contributed by atoms with Gasteiger partial charge in [0.05, 0.1) is 6.54 Å². The number of likely N-dealkylation sites (tertiary alicyclic amines) is 1. The van der Waals surface area contributed by atoms with Crippen molar-refractivity contribution in [1.29, 1.82) is 0 Å². The Kier molecular flexibility index (Phi) is 4.82. The van der Waals surface area contributed by atoms with E-state index in [1.165, 1.54) is 0 Å². The molecule has 1 aliphatic rings. The highest BCUT2D eigenvalue weighted by molar-refractivity contribution is 6.31. The van der Waals surface area contributed by atoms with Crippen LogP contribution in [0.25, 0.3) is 0 Å². The summed E-state index contributed by atoms with van der Waals surface area (Å²) in [4.78, 5) is 18.5. The molecule has 120 valence electrons. The first kappa shape index (κ1) is 15.8. The number of ether oxygens (including phenoxy) is 1. The lowest BCUT2D eigenvalue weighted by Gasteiger charge is -2.33. The number of piperidine rings is 1. The quantitative estimate of drug-likeness (QED) is 0.861. The lowest BCUT2D eigenvalue weighted by Crippen LogP contribution is -2.44. The highest BCUT2D eigenvalue weighted by atomic mass is 35.5. The number of pyridine rings is 1. The van der Waals surface area contributed by atoms with E-state index in [9.17, 15) is 4.79 Å². The Hall–Kier alpha value is -2.07. The zero-order valence-electron chi connectivity index (χ0n) is 13.0. The number of carbonyl (C=O) groups excluding carboxylic acids is 1. The van der Waals surface area contributed by atoms with Gasteiger partial charge in [-0.05, 0) is 31.4 Å². The van der Waals surface area contributed by atoms with Crippen molar-refractivity contribution in [3.63, 3.8) is 0 Å². The van der Waals surface area contributed by atoms with E-state index in [-0.39, 0.29) is 12.0 Å². The van der Waals surface area contributed by atoms with Gasteiger partial charge in [-0.25, -0.2) is 0 Å². The summed E-state index contributed by atoms with van der Waals surface area (Å²) in [6.07, 6.45) is 5.01. The van der Waals surface area contributed by atoms with Crippen LogP contribution in [0.1, 0.15) is 28.8 Å². The van der Waals surface area contributed by atoms with Crippen molar-refractivity contribution in [2.24, 2.45) is 0 Å². The highest BCUT2D eigenvalue weighted by Gasteiger charge is 2.26. The molecular formula is C18H19ClN2O2. The van der Waals surface area contributed by atoms with Crippen LogP contribution in [0.5, 0.6) is 5.75 Å². The zero-order valence-corrected chi connectivity index (χ0v) is 13.8. The van der Waals surface area contributed by atoms with Crippen LogP contribution in [0.2, 0.25) is 5.02 Å². The van der Waals surface area contributed by atoms with E-state index in [2.05, 4.69) is 4.98 Å². The van der Waals surface area contributed by atoms with Crippen molar-refractivity contribution in [3.8, 4) is 5.75 Å². The largest absolute Gasteiger partial charge is 0.487 e. The molecule has 1 aliphatic heterocycles. The van der Waals surface area contributed by atoms with Crippen molar-refractivity contribution in [2.75, 3.05) is 13.1 Å². The molecular weight excluding hydrogens is 312 g/mol. The first-order valence-corrected chi connectivity index (χ1v) is 8.14. The molecule has 0 spiro atoms. The molecule has 0 bridgehead atoms. The number of benzene rings is 1. The highest BCUT2D eigenvalue weighted by Crippen LogP contribution is 2.26. The maximum atomic E-state index is 12.7. The molecule has 0 aliphatic carbocycles. The third-order valence-electron chi connectivity index (χ3n) is 4.07. The lowest BCUT2D eigenvalue weighted by molar-refractivity contribution is 0.0537. The molecule has 0 saturated carbocycles. The fourth-order valence-electron chi connectivity index (χ4n) is 2.84. The number of carbonyl (C=O) groups is 1. The maximum absolute atomic E-state index is 12.7. The van der Waals surface area contributed by atoms with Gasteiger partial charge in [-0.15, -0.1) is 0 Å². The van der Waals surface area contributed by atoms with Gasteiger partial charge in [0.15, 0.2) is 0 Å². The van der Waals surface area contributed by atoms with Gasteiger partial charge >= 0.3 is 0 Å². The molecule has 5 heteroatoms. The Morgan fingerprint density at radius 1 is 1.35 bits per heavy atom. The molecule has 3 rings (SSSR count). The molecule has 1 aromatic carbocycles. The van der Waals surface area contributed by atoms with Crippen LogP contribution in [-0.4, -0.2) is 35.0 Å². The first-order valence-electron chi connectivity index (χ1n) is 7.76. The summed E-state index contributed by atoms with van der Waals surface area (Å²) in [6, 6.07) is 9.43. The zero-order chi connectivity index (χ0) is 16.2. The average molecular weight is 331 g/mol. The van der Waals surface area contributed by atoms with Crippen molar-refractivity contribution >= 4 is 17.5 Å². The molecule has 1 unspecified atom stereocenters. The van der Waals surface area contributed by atoms with Gasteiger partial charge in [-0.2, -0.15) is 0 Å². The van der Waals surface area contributed by atoms with Crippen LogP contribution in [0, 0.1) is 6.92 Å². The Morgan fingerprint density at radius 2 is 2.17 bits per heavy atom. The van der Waals surface area contributed by atoms with E-state index in [0.29, 0.717) is 17.3 Å². The number of hydrogen-bond donors (Lipinski definition) is 0. The van der Waals surface area contributed by atoms with Gasteiger partial charge in [-0.1, -0.05) is 29.8 Å². The van der Waals surface area contributed by atoms with Crippen molar-refractivity contribution in [2.45, 2.75) is 25.9 Å². The van der Waals surface area contributed by atoms with Gasteiger partial charge in [0, 0.05) is 30.6 Å². The van der Waals surface area contributed by atoms with Gasteiger partial charge < -0.3 is 9.64 Å². The molecule has 1 amide bonds. The maximum Gasteiger partial charge on any atom is 0.254 e. The van der Waals surface area contributed by atoms with Crippen LogP contribution in [0.4, 0.5) is 0 Å². The molecule has 0 radical (unpaired) electrons. The second kappa shape index (κ2) is 7.01. The summed E-state index contributed by atoms with van der Waals surface area (Å²) in [5.41, 5.74) is 1.76. The molecule has 1 fully saturated rings. The van der Waals surface area contributed by atoms with E-state index >= 15 is 0 Å². The summed E-state index contributed by atoms with van der Waals surface area (Å²) in [5.74, 6) is 0.689. The fraction of sp³-hybridized carbons (Fsp3) is 0.333. The predicted octanol–water partition coefficient (Wildman–Crippen LogP) is 3.73.